The molecule has 4 nitrogen and oxygen atoms in total. The maximum Gasteiger partial charge on any atom is 0.416 e. The molecular formula is C28H23F3N2O2S. The summed E-state index contributed by atoms with van der Waals surface area (Å²) in [6.07, 6.45) is -1.07. The Morgan fingerprint density at radius 1 is 0.972 bits per heavy atom. The van der Waals surface area contributed by atoms with Crippen molar-refractivity contribution in [2.45, 2.75) is 24.4 Å². The molecule has 0 aliphatic carbocycles. The number of carbonyl (C=O) groups excluding carboxylic acids is 1. The lowest BCUT2D eigenvalue weighted by atomic mass is 10.0. The molecule has 1 amide bonds. The predicted octanol–water partition coefficient (Wildman–Crippen LogP) is 7.85. The number of amides is 1. The average molecular weight is 509 g/mol. The predicted molar refractivity (Wildman–Crippen MR) is 136 cm³/mol. The fourth-order valence-electron chi connectivity index (χ4n) is 3.58. The lowest BCUT2D eigenvalue weighted by Gasteiger charge is -2.15. The number of nitrogens with zero attached hydrogens (tertiary/aromatic N) is 1. The molecule has 4 rings (SSSR count). The molecule has 0 spiro atoms. The van der Waals surface area contributed by atoms with E-state index in [4.69, 9.17) is 4.74 Å². The highest BCUT2D eigenvalue weighted by molar-refractivity contribution is 7.99. The Bertz CT molecular complexity index is 1330. The van der Waals surface area contributed by atoms with Gasteiger partial charge >= 0.3 is 6.18 Å². The summed E-state index contributed by atoms with van der Waals surface area (Å²) < 4.78 is 45.5. The second-order valence-electron chi connectivity index (χ2n) is 7.88. The molecule has 0 fully saturated rings. The van der Waals surface area contributed by atoms with E-state index in [9.17, 15) is 18.0 Å². The highest BCUT2D eigenvalue weighted by Crippen LogP contribution is 2.37. The van der Waals surface area contributed by atoms with E-state index in [-0.39, 0.29) is 18.1 Å². The monoisotopic (exact) mass is 508 g/mol. The Morgan fingerprint density at radius 2 is 1.72 bits per heavy atom. The lowest BCUT2D eigenvalue weighted by Crippen LogP contribution is -2.14. The highest BCUT2D eigenvalue weighted by atomic mass is 32.2. The molecule has 3 aromatic carbocycles. The summed E-state index contributed by atoms with van der Waals surface area (Å²) in [6.45, 7) is 2.08. The normalized spacial score (nSPS) is 11.2. The maximum atomic E-state index is 13.2. The van der Waals surface area contributed by atoms with Crippen LogP contribution in [0.15, 0.2) is 96.2 Å². The van der Waals surface area contributed by atoms with E-state index >= 15 is 0 Å². The first kappa shape index (κ1) is 25.3. The summed E-state index contributed by atoms with van der Waals surface area (Å²) in [5.41, 5.74) is 1.96. The van der Waals surface area contributed by atoms with Crippen LogP contribution in [0, 0.1) is 0 Å². The van der Waals surface area contributed by atoms with Gasteiger partial charge in [0.1, 0.15) is 11.5 Å². The number of thioether (sulfide) groups is 1. The first-order valence-electron chi connectivity index (χ1n) is 11.2. The molecule has 0 aliphatic heterocycles. The van der Waals surface area contributed by atoms with E-state index in [0.29, 0.717) is 17.0 Å². The minimum absolute atomic E-state index is 0.0358. The average Bonchev–Trinajstić information content (AvgIpc) is 2.86. The van der Waals surface area contributed by atoms with Crippen molar-refractivity contribution in [2.24, 2.45) is 0 Å². The first-order valence-corrected chi connectivity index (χ1v) is 12.2. The zero-order valence-electron chi connectivity index (χ0n) is 19.4. The van der Waals surface area contributed by atoms with Crippen molar-refractivity contribution >= 4 is 23.4 Å². The molecule has 36 heavy (non-hydrogen) atoms. The van der Waals surface area contributed by atoms with Crippen LogP contribution in [0.25, 0.3) is 11.1 Å². The van der Waals surface area contributed by atoms with Crippen LogP contribution in [0.4, 0.5) is 18.9 Å². The highest BCUT2D eigenvalue weighted by Gasteiger charge is 2.30. The topological polar surface area (TPSA) is 51.2 Å². The summed E-state index contributed by atoms with van der Waals surface area (Å²) >= 11 is 1.73. The number of aromatic nitrogens is 1. The molecule has 8 heteroatoms. The van der Waals surface area contributed by atoms with Gasteiger partial charge in [-0.05, 0) is 71.5 Å². The van der Waals surface area contributed by atoms with Gasteiger partial charge in [-0.15, -0.1) is 11.8 Å². The second kappa shape index (κ2) is 11.3. The molecule has 0 saturated heterocycles. The molecule has 0 radical (unpaired) electrons. The van der Waals surface area contributed by atoms with Gasteiger partial charge in [-0.3, -0.25) is 9.78 Å². The number of hydrogen-bond acceptors (Lipinski definition) is 4. The minimum atomic E-state index is -4.49. The Labute approximate surface area is 211 Å². The Morgan fingerprint density at radius 3 is 2.42 bits per heavy atom. The van der Waals surface area contributed by atoms with E-state index in [1.807, 2.05) is 24.3 Å². The summed E-state index contributed by atoms with van der Waals surface area (Å²) in [5.74, 6) is 1.10. The van der Waals surface area contributed by atoms with Crippen molar-refractivity contribution in [1.82, 2.24) is 4.98 Å². The molecule has 0 aliphatic rings. The van der Waals surface area contributed by atoms with Crippen LogP contribution in [0.1, 0.15) is 18.1 Å². The van der Waals surface area contributed by atoms with Crippen LogP contribution < -0.4 is 10.1 Å². The zero-order chi connectivity index (χ0) is 25.5. The van der Waals surface area contributed by atoms with E-state index in [2.05, 4.69) is 17.2 Å². The van der Waals surface area contributed by atoms with Gasteiger partial charge in [0.05, 0.1) is 12.0 Å². The second-order valence-corrected chi connectivity index (χ2v) is 9.21. The minimum Gasteiger partial charge on any atom is -0.457 e. The number of hydrogen-bond donors (Lipinski definition) is 1. The standard InChI is InChI=1S/C28H23F3N2O2S/c1-2-36-24-9-6-19(7-10-24)16-27(34)33-22-8-11-25(20-12-14-32-15-13-20)26(18-22)35-23-5-3-4-21(17-23)28(29,30)31/h3-15,17-18H,2,16H2,1H3,(H,33,34). The SMILES string of the molecule is CCSc1ccc(CC(=O)Nc2ccc(-c3ccncc3)c(Oc3cccc(C(F)(F)F)c3)c2)cc1. The third-order valence-corrected chi connectivity index (χ3v) is 6.14. The molecule has 1 heterocycles. The number of anilines is 1. The van der Waals surface area contributed by atoms with Crippen LogP contribution in [0.2, 0.25) is 0 Å². The van der Waals surface area contributed by atoms with Crippen LogP contribution in [-0.2, 0) is 17.4 Å². The van der Waals surface area contributed by atoms with Gasteiger partial charge in [0.2, 0.25) is 5.91 Å². The summed E-state index contributed by atoms with van der Waals surface area (Å²) in [7, 11) is 0. The van der Waals surface area contributed by atoms with E-state index < -0.39 is 11.7 Å². The third kappa shape index (κ3) is 6.66. The number of pyridine rings is 1. The molecule has 0 unspecified atom stereocenters. The van der Waals surface area contributed by atoms with E-state index in [0.717, 1.165) is 33.9 Å². The largest absolute Gasteiger partial charge is 0.457 e. The van der Waals surface area contributed by atoms with Crippen LogP contribution in [0.3, 0.4) is 0 Å². The number of ether oxygens (including phenoxy) is 1. The van der Waals surface area contributed by atoms with Crippen LogP contribution >= 0.6 is 11.8 Å². The molecule has 4 aromatic rings. The molecule has 184 valence electrons. The van der Waals surface area contributed by atoms with Crippen molar-refractivity contribution in [2.75, 3.05) is 11.1 Å². The quantitative estimate of drug-likeness (QED) is 0.246. The smallest absolute Gasteiger partial charge is 0.416 e. The molecule has 0 saturated carbocycles. The number of halogens is 3. The van der Waals surface area contributed by atoms with Crippen molar-refractivity contribution in [3.63, 3.8) is 0 Å². The van der Waals surface area contributed by atoms with Crippen molar-refractivity contribution in [3.8, 4) is 22.6 Å². The van der Waals surface area contributed by atoms with Gasteiger partial charge in [-0.2, -0.15) is 13.2 Å². The number of nitrogens with one attached hydrogen (secondary N) is 1. The van der Waals surface area contributed by atoms with Crippen LogP contribution in [0.5, 0.6) is 11.5 Å². The van der Waals surface area contributed by atoms with Crippen molar-refractivity contribution in [3.05, 3.63) is 102 Å². The van der Waals surface area contributed by atoms with Crippen LogP contribution in [-0.4, -0.2) is 16.6 Å². The van der Waals surface area contributed by atoms with E-state index in [1.165, 1.54) is 12.1 Å². The van der Waals surface area contributed by atoms with E-state index in [1.54, 1.807) is 54.5 Å². The maximum absolute atomic E-state index is 13.2. The molecular weight excluding hydrogens is 485 g/mol. The molecule has 0 bridgehead atoms. The Kier molecular flexibility index (Phi) is 7.95. The Hall–Kier alpha value is -3.78. The number of carbonyl (C=O) groups is 1. The molecule has 1 N–H and O–H groups in total. The van der Waals surface area contributed by atoms with Crippen molar-refractivity contribution < 1.29 is 22.7 Å². The van der Waals surface area contributed by atoms with Gasteiger partial charge in [-0.1, -0.05) is 25.1 Å². The number of alkyl halides is 3. The number of rotatable bonds is 8. The van der Waals surface area contributed by atoms with Gasteiger partial charge < -0.3 is 10.1 Å². The van der Waals surface area contributed by atoms with Gasteiger partial charge in [0, 0.05) is 34.6 Å². The summed E-state index contributed by atoms with van der Waals surface area (Å²) in [4.78, 5) is 17.8. The summed E-state index contributed by atoms with van der Waals surface area (Å²) in [5, 5.41) is 2.85. The van der Waals surface area contributed by atoms with Crippen molar-refractivity contribution in [1.29, 1.82) is 0 Å². The van der Waals surface area contributed by atoms with Gasteiger partial charge in [-0.25, -0.2) is 0 Å². The lowest BCUT2D eigenvalue weighted by molar-refractivity contribution is -0.137. The molecule has 1 aromatic heterocycles. The fourth-order valence-corrected chi connectivity index (χ4v) is 4.24. The first-order chi connectivity index (χ1) is 17.3. The van der Waals surface area contributed by atoms with Gasteiger partial charge in [0.25, 0.3) is 0 Å². The zero-order valence-corrected chi connectivity index (χ0v) is 20.2. The number of benzene rings is 3. The fraction of sp³-hybridized carbons (Fsp3) is 0.143. The van der Waals surface area contributed by atoms with Gasteiger partial charge in [0.15, 0.2) is 0 Å². The third-order valence-electron chi connectivity index (χ3n) is 5.24. The summed E-state index contributed by atoms with van der Waals surface area (Å²) in [6, 6.07) is 21.1. The molecule has 0 atom stereocenters. The Balaban J connectivity index is 1.58.